The van der Waals surface area contributed by atoms with Crippen molar-refractivity contribution in [1.29, 1.82) is 0 Å². The Morgan fingerprint density at radius 2 is 2.19 bits per heavy atom. The molecule has 2 rings (SSSR count). The second-order valence-corrected chi connectivity index (χ2v) is 7.39. The Balaban J connectivity index is 2.08. The maximum absolute atomic E-state index is 12.2. The van der Waals surface area contributed by atoms with E-state index in [-0.39, 0.29) is 5.91 Å². The summed E-state index contributed by atoms with van der Waals surface area (Å²) in [6.07, 6.45) is 3.13. The second-order valence-electron chi connectivity index (χ2n) is 4.96. The van der Waals surface area contributed by atoms with Gasteiger partial charge in [-0.05, 0) is 74.4 Å². The zero-order chi connectivity index (χ0) is 19.1. The van der Waals surface area contributed by atoms with Crippen molar-refractivity contribution in [2.75, 3.05) is 13.7 Å². The van der Waals surface area contributed by atoms with E-state index in [0.717, 1.165) is 3.57 Å². The number of benzene rings is 2. The van der Waals surface area contributed by atoms with Gasteiger partial charge in [0.05, 0.1) is 26.4 Å². The van der Waals surface area contributed by atoms with Crippen LogP contribution in [-0.2, 0) is 0 Å². The number of hydrazone groups is 1. The van der Waals surface area contributed by atoms with Crippen LogP contribution in [0.1, 0.15) is 15.9 Å². The number of rotatable bonds is 7. The Hall–Kier alpha value is -1.58. The van der Waals surface area contributed by atoms with Gasteiger partial charge >= 0.3 is 0 Å². The smallest absolute Gasteiger partial charge is 0.271 e. The highest BCUT2D eigenvalue weighted by Crippen LogP contribution is 2.34. The molecule has 0 spiro atoms. The molecule has 136 valence electrons. The van der Waals surface area contributed by atoms with E-state index in [2.05, 4.69) is 55.6 Å². The quantitative estimate of drug-likeness (QED) is 0.228. The summed E-state index contributed by atoms with van der Waals surface area (Å²) in [5.41, 5.74) is 3.63. The molecule has 8 heteroatoms. The average molecular weight is 550 g/mol. The van der Waals surface area contributed by atoms with Crippen molar-refractivity contribution in [1.82, 2.24) is 5.43 Å². The van der Waals surface area contributed by atoms with Crippen molar-refractivity contribution in [3.63, 3.8) is 0 Å². The van der Waals surface area contributed by atoms with Gasteiger partial charge in [0, 0.05) is 5.56 Å². The van der Waals surface area contributed by atoms with Crippen LogP contribution in [0.4, 0.5) is 0 Å². The first-order valence-corrected chi connectivity index (χ1v) is 9.61. The molecule has 0 saturated heterocycles. The maximum Gasteiger partial charge on any atom is 0.271 e. The molecule has 0 radical (unpaired) electrons. The van der Waals surface area contributed by atoms with E-state index in [1.165, 1.54) is 6.21 Å². The highest BCUT2D eigenvalue weighted by molar-refractivity contribution is 14.1. The second kappa shape index (κ2) is 9.94. The molecule has 0 aliphatic carbocycles. The number of ether oxygens (including phenoxy) is 2. The summed E-state index contributed by atoms with van der Waals surface area (Å²) < 4.78 is 12.3. The number of nitrogens with zero attached hydrogens (tertiary/aromatic N) is 1. The van der Waals surface area contributed by atoms with E-state index in [9.17, 15) is 4.79 Å². The van der Waals surface area contributed by atoms with Crippen LogP contribution in [0, 0.1) is 3.57 Å². The van der Waals surface area contributed by atoms with Crippen LogP contribution in [0.15, 0.2) is 52.6 Å². The highest BCUT2D eigenvalue weighted by atomic mass is 127. The van der Waals surface area contributed by atoms with Gasteiger partial charge in [-0.3, -0.25) is 4.79 Å². The zero-order valence-electron chi connectivity index (χ0n) is 13.8. The van der Waals surface area contributed by atoms with Gasteiger partial charge in [0.15, 0.2) is 5.75 Å². The molecular formula is C18H15BrClIN2O3. The minimum atomic E-state index is -0.341. The van der Waals surface area contributed by atoms with E-state index >= 15 is 0 Å². The Morgan fingerprint density at radius 3 is 2.85 bits per heavy atom. The number of methoxy groups -OCH3 is 1. The van der Waals surface area contributed by atoms with Crippen LogP contribution in [0.2, 0.25) is 5.02 Å². The normalized spacial score (nSPS) is 10.6. The minimum Gasteiger partial charge on any atom is -0.496 e. The number of carbonyl (C=O) groups excluding carboxylic acids is 1. The van der Waals surface area contributed by atoms with Crippen LogP contribution in [0.5, 0.6) is 11.5 Å². The van der Waals surface area contributed by atoms with Crippen LogP contribution < -0.4 is 14.9 Å². The largest absolute Gasteiger partial charge is 0.496 e. The Morgan fingerprint density at radius 1 is 1.42 bits per heavy atom. The third-order valence-corrected chi connectivity index (χ3v) is 4.92. The molecule has 0 aliphatic rings. The summed E-state index contributed by atoms with van der Waals surface area (Å²) in [5.74, 6) is 0.818. The first-order chi connectivity index (χ1) is 12.5. The summed E-state index contributed by atoms with van der Waals surface area (Å²) in [6.45, 7) is 3.95. The lowest BCUT2D eigenvalue weighted by Crippen LogP contribution is -2.17. The first-order valence-electron chi connectivity index (χ1n) is 7.36. The molecule has 0 atom stereocenters. The standard InChI is InChI=1S/C18H15BrClIN2O3/c1-3-6-26-17-13(19)7-11(8-14(17)20)10-22-23-18(24)12-4-5-15(21)16(9-12)25-2/h3-5,7-10H,1,6H2,2H3,(H,23,24)/b22-10-. The molecule has 1 amide bonds. The van der Waals surface area contributed by atoms with Gasteiger partial charge < -0.3 is 9.47 Å². The van der Waals surface area contributed by atoms with Crippen molar-refractivity contribution in [2.45, 2.75) is 0 Å². The molecular weight excluding hydrogens is 534 g/mol. The summed E-state index contributed by atoms with van der Waals surface area (Å²) in [6, 6.07) is 8.64. The number of amides is 1. The van der Waals surface area contributed by atoms with Gasteiger partial charge in [-0.1, -0.05) is 24.3 Å². The summed E-state index contributed by atoms with van der Waals surface area (Å²) in [7, 11) is 1.56. The lowest BCUT2D eigenvalue weighted by Gasteiger charge is -2.09. The molecule has 0 fully saturated rings. The fraction of sp³-hybridized carbons (Fsp3) is 0.111. The summed E-state index contributed by atoms with van der Waals surface area (Å²) in [5, 5.41) is 4.39. The number of carbonyl (C=O) groups is 1. The average Bonchev–Trinajstić information content (AvgIpc) is 2.61. The number of nitrogens with one attached hydrogen (secondary N) is 1. The highest BCUT2D eigenvalue weighted by Gasteiger charge is 2.10. The van der Waals surface area contributed by atoms with Gasteiger partial charge in [-0.15, -0.1) is 0 Å². The van der Waals surface area contributed by atoms with Crippen molar-refractivity contribution in [3.8, 4) is 11.5 Å². The maximum atomic E-state index is 12.2. The number of hydrogen-bond donors (Lipinski definition) is 1. The molecule has 5 nitrogen and oxygen atoms in total. The topological polar surface area (TPSA) is 59.9 Å². The molecule has 1 N–H and O–H groups in total. The molecule has 0 bridgehead atoms. The Labute approximate surface area is 178 Å². The van der Waals surface area contributed by atoms with Gasteiger partial charge in [-0.2, -0.15) is 5.10 Å². The zero-order valence-corrected chi connectivity index (χ0v) is 18.3. The molecule has 0 aromatic heterocycles. The van der Waals surface area contributed by atoms with Gasteiger partial charge in [0.1, 0.15) is 12.4 Å². The van der Waals surface area contributed by atoms with Gasteiger partial charge in [0.2, 0.25) is 0 Å². The van der Waals surface area contributed by atoms with Crippen LogP contribution >= 0.6 is 50.1 Å². The molecule has 0 aliphatic heterocycles. The predicted molar refractivity (Wildman–Crippen MR) is 116 cm³/mol. The van der Waals surface area contributed by atoms with Crippen LogP contribution in [-0.4, -0.2) is 25.8 Å². The molecule has 0 unspecified atom stereocenters. The van der Waals surface area contributed by atoms with Gasteiger partial charge in [-0.25, -0.2) is 5.43 Å². The fourth-order valence-corrected chi connectivity index (χ4v) is 3.51. The number of hydrogen-bond acceptors (Lipinski definition) is 4. The van der Waals surface area contributed by atoms with Crippen molar-refractivity contribution < 1.29 is 14.3 Å². The minimum absolute atomic E-state index is 0.341. The van der Waals surface area contributed by atoms with E-state index in [0.29, 0.717) is 38.7 Å². The first kappa shape index (κ1) is 20.7. The third-order valence-electron chi connectivity index (χ3n) is 3.16. The third kappa shape index (κ3) is 5.46. The molecule has 26 heavy (non-hydrogen) atoms. The Kier molecular flexibility index (Phi) is 7.92. The molecule has 0 heterocycles. The van der Waals surface area contributed by atoms with Crippen molar-refractivity contribution in [2.24, 2.45) is 5.10 Å². The summed E-state index contributed by atoms with van der Waals surface area (Å²) >= 11 is 11.7. The fourth-order valence-electron chi connectivity index (χ4n) is 1.97. The monoisotopic (exact) mass is 548 g/mol. The summed E-state index contributed by atoms with van der Waals surface area (Å²) in [4.78, 5) is 12.2. The Bertz CT molecular complexity index is 835. The van der Waals surface area contributed by atoms with E-state index in [1.54, 1.807) is 43.5 Å². The molecule has 0 saturated carbocycles. The van der Waals surface area contributed by atoms with Crippen molar-refractivity contribution in [3.05, 3.63) is 67.2 Å². The van der Waals surface area contributed by atoms with E-state index in [1.807, 2.05) is 0 Å². The van der Waals surface area contributed by atoms with Crippen LogP contribution in [0.3, 0.4) is 0 Å². The molecule has 2 aromatic rings. The predicted octanol–water partition coefficient (Wildman–Crippen LogP) is 5.04. The number of halogens is 3. The molecule has 2 aromatic carbocycles. The van der Waals surface area contributed by atoms with Crippen LogP contribution in [0.25, 0.3) is 0 Å². The van der Waals surface area contributed by atoms with E-state index in [4.69, 9.17) is 21.1 Å². The SMILES string of the molecule is C=CCOc1c(Cl)cc(/C=N\NC(=O)c2ccc(I)c(OC)c2)cc1Br. The van der Waals surface area contributed by atoms with Crippen molar-refractivity contribution >= 4 is 62.2 Å². The lowest BCUT2D eigenvalue weighted by atomic mass is 10.2. The lowest BCUT2D eigenvalue weighted by molar-refractivity contribution is 0.0954. The van der Waals surface area contributed by atoms with Gasteiger partial charge in [0.25, 0.3) is 5.91 Å². The van der Waals surface area contributed by atoms with E-state index < -0.39 is 0 Å².